The van der Waals surface area contributed by atoms with Gasteiger partial charge in [0, 0.05) is 16.5 Å². The Morgan fingerprint density at radius 3 is 2.38 bits per heavy atom. The number of nitrogens with one attached hydrogen (secondary N) is 1. The largest absolute Gasteiger partial charge is 0.462 e. The molecule has 1 atom stereocenters. The van der Waals surface area contributed by atoms with Crippen LogP contribution in [0.3, 0.4) is 0 Å². The number of thioether (sulfide) groups is 1. The molecule has 2 heterocycles. The first-order chi connectivity index (χ1) is 19.2. The van der Waals surface area contributed by atoms with Crippen LogP contribution in [0, 0.1) is 19.8 Å². The molecule has 0 saturated carbocycles. The minimum absolute atomic E-state index is 0.00631. The number of carbonyl (C=O) groups is 2. The van der Waals surface area contributed by atoms with Crippen LogP contribution < -0.4 is 5.32 Å². The number of ether oxygens (including phenoxy) is 1. The van der Waals surface area contributed by atoms with E-state index < -0.39 is 5.97 Å². The van der Waals surface area contributed by atoms with Crippen molar-refractivity contribution in [2.24, 2.45) is 5.92 Å². The molecule has 0 bridgehead atoms. The average molecular weight is 577 g/mol. The fourth-order valence-electron chi connectivity index (χ4n) is 4.49. The number of aryl methyl sites for hydroxylation is 1. The summed E-state index contributed by atoms with van der Waals surface area (Å²) in [5, 5.41) is 13.1. The molecule has 1 unspecified atom stereocenters. The van der Waals surface area contributed by atoms with Crippen molar-refractivity contribution in [1.29, 1.82) is 0 Å². The molecular weight excluding hydrogens is 541 g/mol. The summed E-state index contributed by atoms with van der Waals surface area (Å²) < 4.78 is 7.23. The van der Waals surface area contributed by atoms with E-state index in [0.29, 0.717) is 21.6 Å². The summed E-state index contributed by atoms with van der Waals surface area (Å²) in [4.78, 5) is 26.5. The van der Waals surface area contributed by atoms with Crippen LogP contribution >= 0.6 is 23.1 Å². The van der Waals surface area contributed by atoms with E-state index in [2.05, 4.69) is 60.6 Å². The number of thiophene rings is 1. The highest BCUT2D eigenvalue weighted by Crippen LogP contribution is 2.34. The Balaban J connectivity index is 1.56. The molecule has 2 aromatic carbocycles. The molecule has 0 fully saturated rings. The molecule has 0 spiro atoms. The SMILES string of the molecule is CCOC(=O)c1c(NC(=O)CSc2nnc(C(C)c3ccc(CC(C)C)cc3)n2-c2ccccc2)sc(C)c1C. The summed E-state index contributed by atoms with van der Waals surface area (Å²) in [6.07, 6.45) is 1.05. The third-order valence-electron chi connectivity index (χ3n) is 6.63. The molecule has 2 aromatic heterocycles. The molecule has 4 rings (SSSR count). The van der Waals surface area contributed by atoms with Crippen LogP contribution in [-0.2, 0) is 16.0 Å². The lowest BCUT2D eigenvalue weighted by Gasteiger charge is -2.16. The molecule has 1 amide bonds. The van der Waals surface area contributed by atoms with Crippen LogP contribution in [0.5, 0.6) is 0 Å². The number of anilines is 1. The van der Waals surface area contributed by atoms with Crippen molar-refractivity contribution < 1.29 is 14.3 Å². The number of nitrogens with zero attached hydrogens (tertiary/aromatic N) is 3. The molecule has 0 radical (unpaired) electrons. The standard InChI is InChI=1S/C31H36N4O3S2/c1-7-38-30(37)27-20(4)22(6)40-29(27)32-26(36)18-39-31-34-33-28(35(31)25-11-9-8-10-12-25)21(5)24-15-13-23(14-16-24)17-19(2)3/h8-16,19,21H,7,17-18H2,1-6H3,(H,32,36). The summed E-state index contributed by atoms with van der Waals surface area (Å²) in [6, 6.07) is 18.7. The highest BCUT2D eigenvalue weighted by molar-refractivity contribution is 7.99. The predicted octanol–water partition coefficient (Wildman–Crippen LogP) is 7.20. The maximum Gasteiger partial charge on any atom is 0.341 e. The first kappa shape index (κ1) is 29.6. The van der Waals surface area contributed by atoms with Crippen LogP contribution in [0.1, 0.15) is 71.4 Å². The minimum atomic E-state index is -0.424. The summed E-state index contributed by atoms with van der Waals surface area (Å²) in [5.74, 6) is 0.863. The van der Waals surface area contributed by atoms with Crippen molar-refractivity contribution >= 4 is 40.0 Å². The first-order valence-corrected chi connectivity index (χ1v) is 15.3. The van der Waals surface area contributed by atoms with Gasteiger partial charge in [0.05, 0.1) is 17.9 Å². The third kappa shape index (κ3) is 6.82. The van der Waals surface area contributed by atoms with Crippen molar-refractivity contribution in [3.8, 4) is 5.69 Å². The number of benzene rings is 2. The van der Waals surface area contributed by atoms with E-state index in [-0.39, 0.29) is 24.2 Å². The fourth-order valence-corrected chi connectivity index (χ4v) is 6.32. The summed E-state index contributed by atoms with van der Waals surface area (Å²) >= 11 is 2.69. The van der Waals surface area contributed by atoms with Crippen molar-refractivity contribution in [1.82, 2.24) is 14.8 Å². The second-order valence-corrected chi connectivity index (χ2v) is 12.3. The van der Waals surface area contributed by atoms with Crippen molar-refractivity contribution in [3.05, 3.63) is 87.6 Å². The maximum absolute atomic E-state index is 13.0. The Hall–Kier alpha value is -3.43. The smallest absolute Gasteiger partial charge is 0.341 e. The van der Waals surface area contributed by atoms with Gasteiger partial charge in [-0.3, -0.25) is 9.36 Å². The van der Waals surface area contributed by atoms with Crippen molar-refractivity contribution in [2.45, 2.75) is 59.0 Å². The number of aromatic nitrogens is 3. The second kappa shape index (κ2) is 13.3. The summed E-state index contributed by atoms with van der Waals surface area (Å²) in [6.45, 7) is 12.4. The van der Waals surface area contributed by atoms with Crippen molar-refractivity contribution in [3.63, 3.8) is 0 Å². The molecule has 210 valence electrons. The topological polar surface area (TPSA) is 86.1 Å². The second-order valence-electron chi connectivity index (χ2n) is 10.1. The highest BCUT2D eigenvalue weighted by atomic mass is 32.2. The fraction of sp³-hybridized carbons (Fsp3) is 0.355. The Morgan fingerprint density at radius 1 is 1.02 bits per heavy atom. The lowest BCUT2D eigenvalue weighted by Crippen LogP contribution is -2.17. The zero-order valence-corrected chi connectivity index (χ0v) is 25.5. The zero-order chi connectivity index (χ0) is 28.8. The lowest BCUT2D eigenvalue weighted by atomic mass is 9.96. The van der Waals surface area contributed by atoms with Gasteiger partial charge in [0.15, 0.2) is 5.16 Å². The third-order valence-corrected chi connectivity index (χ3v) is 8.69. The van der Waals surface area contributed by atoms with E-state index >= 15 is 0 Å². The number of amides is 1. The number of carbonyl (C=O) groups excluding carboxylic acids is 2. The normalized spacial score (nSPS) is 12.0. The van der Waals surface area contributed by atoms with Crippen molar-refractivity contribution in [2.75, 3.05) is 17.7 Å². The Labute approximate surface area is 244 Å². The predicted molar refractivity (Wildman–Crippen MR) is 163 cm³/mol. The minimum Gasteiger partial charge on any atom is -0.462 e. The molecular formula is C31H36N4O3S2. The van der Waals surface area contributed by atoms with E-state index in [9.17, 15) is 9.59 Å². The average Bonchev–Trinajstić information content (AvgIpc) is 3.48. The molecule has 0 aliphatic carbocycles. The van der Waals surface area contributed by atoms with Gasteiger partial charge in [0.1, 0.15) is 10.8 Å². The van der Waals surface area contributed by atoms with E-state index in [1.54, 1.807) is 6.92 Å². The monoisotopic (exact) mass is 576 g/mol. The van der Waals surface area contributed by atoms with Gasteiger partial charge in [0.25, 0.3) is 0 Å². The van der Waals surface area contributed by atoms with Crippen LogP contribution in [0.2, 0.25) is 0 Å². The first-order valence-electron chi connectivity index (χ1n) is 13.5. The summed E-state index contributed by atoms with van der Waals surface area (Å²) in [5.41, 5.74) is 4.65. The number of para-hydroxylation sites is 1. The summed E-state index contributed by atoms with van der Waals surface area (Å²) in [7, 11) is 0. The number of hydrogen-bond donors (Lipinski definition) is 1. The van der Waals surface area contributed by atoms with E-state index in [1.165, 1.54) is 28.7 Å². The lowest BCUT2D eigenvalue weighted by molar-refractivity contribution is -0.113. The Bertz CT molecular complexity index is 1460. The number of rotatable bonds is 11. The molecule has 0 saturated heterocycles. The molecule has 7 nitrogen and oxygen atoms in total. The van der Waals surface area contributed by atoms with Crippen LogP contribution in [0.4, 0.5) is 5.00 Å². The van der Waals surface area contributed by atoms with Gasteiger partial charge in [-0.15, -0.1) is 21.5 Å². The quantitative estimate of drug-likeness (QED) is 0.150. The van der Waals surface area contributed by atoms with E-state index in [4.69, 9.17) is 4.74 Å². The molecule has 4 aromatic rings. The van der Waals surface area contributed by atoms with Crippen LogP contribution in [-0.4, -0.2) is 39.0 Å². The van der Waals surface area contributed by atoms with E-state index in [1.807, 2.05) is 48.7 Å². The Morgan fingerprint density at radius 2 is 1.73 bits per heavy atom. The molecule has 0 aliphatic rings. The van der Waals surface area contributed by atoms with Gasteiger partial charge >= 0.3 is 5.97 Å². The Kier molecular flexibility index (Phi) is 9.81. The van der Waals surface area contributed by atoms with E-state index in [0.717, 1.165) is 33.9 Å². The number of hydrogen-bond acceptors (Lipinski definition) is 7. The molecule has 1 N–H and O–H groups in total. The van der Waals surface area contributed by atoms with Gasteiger partial charge in [0.2, 0.25) is 5.91 Å². The number of esters is 1. The molecule has 9 heteroatoms. The molecule has 40 heavy (non-hydrogen) atoms. The highest BCUT2D eigenvalue weighted by Gasteiger charge is 2.24. The van der Waals surface area contributed by atoms with Crippen LogP contribution in [0.15, 0.2) is 59.8 Å². The zero-order valence-electron chi connectivity index (χ0n) is 23.9. The van der Waals surface area contributed by atoms with Gasteiger partial charge in [-0.1, -0.05) is 75.0 Å². The van der Waals surface area contributed by atoms with Crippen LogP contribution in [0.25, 0.3) is 5.69 Å². The van der Waals surface area contributed by atoms with Gasteiger partial charge < -0.3 is 10.1 Å². The van der Waals surface area contributed by atoms with Gasteiger partial charge in [-0.2, -0.15) is 0 Å². The maximum atomic E-state index is 13.0. The van der Waals surface area contributed by atoms with Gasteiger partial charge in [-0.25, -0.2) is 4.79 Å². The van der Waals surface area contributed by atoms with Gasteiger partial charge in [-0.05, 0) is 61.9 Å². The molecule has 0 aliphatic heterocycles.